The van der Waals surface area contributed by atoms with Gasteiger partial charge in [0.15, 0.2) is 0 Å². The van der Waals surface area contributed by atoms with Gasteiger partial charge < -0.3 is 0 Å². The van der Waals surface area contributed by atoms with Crippen molar-refractivity contribution in [2.45, 2.75) is 30.6 Å². The van der Waals surface area contributed by atoms with Crippen molar-refractivity contribution in [3.05, 3.63) is 53.6 Å². The highest BCUT2D eigenvalue weighted by Gasteiger charge is 2.25. The molecule has 8 heteroatoms. The summed E-state index contributed by atoms with van der Waals surface area (Å²) >= 11 is 0. The van der Waals surface area contributed by atoms with Gasteiger partial charge in [0.25, 0.3) is 10.0 Å². The molecule has 0 fully saturated rings. The number of benzene rings is 2. The molecule has 0 atom stereocenters. The van der Waals surface area contributed by atoms with Gasteiger partial charge in [-0.25, -0.2) is 22.0 Å². The van der Waals surface area contributed by atoms with Gasteiger partial charge >= 0.3 is 0 Å². The predicted octanol–water partition coefficient (Wildman–Crippen LogP) is 2.17. The van der Waals surface area contributed by atoms with Crippen LogP contribution >= 0.6 is 0 Å². The minimum atomic E-state index is -3.98. The van der Waals surface area contributed by atoms with Gasteiger partial charge in [0.1, 0.15) is 0 Å². The van der Waals surface area contributed by atoms with E-state index in [0.717, 1.165) is 17.2 Å². The molecule has 24 heavy (non-hydrogen) atoms. The van der Waals surface area contributed by atoms with Crippen LogP contribution in [0.1, 0.15) is 18.1 Å². The molecule has 130 valence electrons. The van der Waals surface area contributed by atoms with Crippen LogP contribution in [0.4, 0.5) is 5.69 Å². The van der Waals surface area contributed by atoms with Crippen molar-refractivity contribution in [2.75, 3.05) is 10.8 Å². The molecule has 0 aliphatic carbocycles. The Labute approximate surface area is 143 Å². The van der Waals surface area contributed by atoms with Gasteiger partial charge in [0.05, 0.1) is 15.5 Å². The molecule has 0 amide bonds. The monoisotopic (exact) mass is 368 g/mol. The van der Waals surface area contributed by atoms with Crippen molar-refractivity contribution in [3.63, 3.8) is 0 Å². The Bertz CT molecular complexity index is 947. The molecule has 2 aromatic rings. The summed E-state index contributed by atoms with van der Waals surface area (Å²) in [5.41, 5.74) is 2.42. The third-order valence-corrected chi connectivity index (χ3v) is 6.31. The Hall–Kier alpha value is -1.90. The summed E-state index contributed by atoms with van der Waals surface area (Å²) in [6.07, 6.45) is 0. The zero-order valence-electron chi connectivity index (χ0n) is 13.7. The highest BCUT2D eigenvalue weighted by molar-refractivity contribution is 7.93. The molecule has 2 aromatic carbocycles. The first-order chi connectivity index (χ1) is 11.1. The van der Waals surface area contributed by atoms with E-state index in [9.17, 15) is 16.8 Å². The van der Waals surface area contributed by atoms with Crippen LogP contribution in [0.2, 0.25) is 0 Å². The zero-order chi connectivity index (χ0) is 18.1. The average molecular weight is 368 g/mol. The van der Waals surface area contributed by atoms with Crippen LogP contribution in [0.5, 0.6) is 0 Å². The predicted molar refractivity (Wildman–Crippen MR) is 93.9 cm³/mol. The molecule has 0 saturated heterocycles. The standard InChI is InChI=1S/C16H20N2O4S2/c1-4-18(14-9-12(2)8-13(3)10-14)24(21,22)16-7-5-6-15(11-16)23(17,19)20/h5-11H,4H2,1-3H3,(H2,17,19,20). The number of aryl methyl sites for hydroxylation is 2. The van der Waals surface area contributed by atoms with E-state index in [2.05, 4.69) is 0 Å². The molecule has 2 N–H and O–H groups in total. The number of hydrogen-bond acceptors (Lipinski definition) is 4. The van der Waals surface area contributed by atoms with Gasteiger partial charge in [-0.2, -0.15) is 0 Å². The van der Waals surface area contributed by atoms with E-state index in [-0.39, 0.29) is 16.3 Å². The molecular formula is C16H20N2O4S2. The van der Waals surface area contributed by atoms with Crippen LogP contribution < -0.4 is 9.44 Å². The molecule has 0 aliphatic heterocycles. The highest BCUT2D eigenvalue weighted by atomic mass is 32.2. The van der Waals surface area contributed by atoms with Crippen molar-refractivity contribution in [3.8, 4) is 0 Å². The average Bonchev–Trinajstić information content (AvgIpc) is 2.46. The van der Waals surface area contributed by atoms with E-state index < -0.39 is 20.0 Å². The fourth-order valence-electron chi connectivity index (χ4n) is 2.52. The molecule has 0 bridgehead atoms. The van der Waals surface area contributed by atoms with Crippen LogP contribution in [0, 0.1) is 13.8 Å². The number of hydrogen-bond donors (Lipinski definition) is 1. The summed E-state index contributed by atoms with van der Waals surface area (Å²) in [5.74, 6) is 0. The van der Waals surface area contributed by atoms with Crippen LogP contribution in [-0.4, -0.2) is 23.4 Å². The minimum absolute atomic E-state index is 0.116. The fraction of sp³-hybridized carbons (Fsp3) is 0.250. The largest absolute Gasteiger partial charge is 0.267 e. The van der Waals surface area contributed by atoms with Crippen LogP contribution in [0.3, 0.4) is 0 Å². The lowest BCUT2D eigenvalue weighted by molar-refractivity contribution is 0.591. The molecule has 2 rings (SSSR count). The molecule has 0 radical (unpaired) electrons. The summed E-state index contributed by atoms with van der Waals surface area (Å²) in [6.45, 7) is 5.71. The lowest BCUT2D eigenvalue weighted by Crippen LogP contribution is -2.31. The van der Waals surface area contributed by atoms with Crippen LogP contribution in [-0.2, 0) is 20.0 Å². The quantitative estimate of drug-likeness (QED) is 0.874. The molecule has 0 aliphatic rings. The van der Waals surface area contributed by atoms with Gasteiger partial charge in [-0.1, -0.05) is 12.1 Å². The van der Waals surface area contributed by atoms with Gasteiger partial charge in [-0.15, -0.1) is 0 Å². The maximum atomic E-state index is 13.0. The Morgan fingerprint density at radius 1 is 0.917 bits per heavy atom. The molecular weight excluding hydrogens is 348 g/mol. The highest BCUT2D eigenvalue weighted by Crippen LogP contribution is 2.26. The lowest BCUT2D eigenvalue weighted by atomic mass is 10.1. The third kappa shape index (κ3) is 3.77. The lowest BCUT2D eigenvalue weighted by Gasteiger charge is -2.24. The Morgan fingerprint density at radius 3 is 1.96 bits per heavy atom. The van der Waals surface area contributed by atoms with Crippen molar-refractivity contribution < 1.29 is 16.8 Å². The fourth-order valence-corrected chi connectivity index (χ4v) is 4.66. The summed E-state index contributed by atoms with van der Waals surface area (Å²) in [5, 5.41) is 5.09. The van der Waals surface area contributed by atoms with Crippen LogP contribution in [0.25, 0.3) is 0 Å². The van der Waals surface area contributed by atoms with E-state index in [1.54, 1.807) is 19.1 Å². The second-order valence-corrected chi connectivity index (χ2v) is 8.96. The number of nitrogens with zero attached hydrogens (tertiary/aromatic N) is 1. The molecule has 0 unspecified atom stereocenters. The van der Waals surface area contributed by atoms with E-state index >= 15 is 0 Å². The van der Waals surface area contributed by atoms with Gasteiger partial charge in [0, 0.05) is 6.54 Å². The zero-order valence-corrected chi connectivity index (χ0v) is 15.4. The van der Waals surface area contributed by atoms with Gasteiger partial charge in [-0.05, 0) is 62.2 Å². The van der Waals surface area contributed by atoms with Crippen LogP contribution in [0.15, 0.2) is 52.3 Å². The first kappa shape index (κ1) is 18.4. The van der Waals surface area contributed by atoms with E-state index in [0.29, 0.717) is 5.69 Å². The Morgan fingerprint density at radius 2 is 1.46 bits per heavy atom. The molecule has 0 aromatic heterocycles. The minimum Gasteiger partial charge on any atom is -0.267 e. The van der Waals surface area contributed by atoms with Gasteiger partial charge in [-0.3, -0.25) is 4.31 Å². The normalized spacial score (nSPS) is 12.2. The second-order valence-electron chi connectivity index (χ2n) is 5.54. The molecule has 0 saturated carbocycles. The third-order valence-electron chi connectivity index (χ3n) is 3.50. The van der Waals surface area contributed by atoms with Gasteiger partial charge in [0.2, 0.25) is 10.0 Å². The summed E-state index contributed by atoms with van der Waals surface area (Å²) in [4.78, 5) is -0.352. The maximum absolute atomic E-state index is 13.0. The Balaban J connectivity index is 2.59. The summed E-state index contributed by atoms with van der Waals surface area (Å²) in [7, 11) is -7.89. The maximum Gasteiger partial charge on any atom is 0.264 e. The number of anilines is 1. The van der Waals surface area contributed by atoms with E-state index in [4.69, 9.17) is 5.14 Å². The number of primary sulfonamides is 1. The van der Waals surface area contributed by atoms with Crippen molar-refractivity contribution in [1.82, 2.24) is 0 Å². The number of nitrogens with two attached hydrogens (primary N) is 1. The first-order valence-electron chi connectivity index (χ1n) is 7.29. The smallest absolute Gasteiger partial charge is 0.264 e. The van der Waals surface area contributed by atoms with Crippen molar-refractivity contribution in [1.29, 1.82) is 0 Å². The topological polar surface area (TPSA) is 97.5 Å². The number of sulfonamides is 2. The van der Waals surface area contributed by atoms with E-state index in [1.807, 2.05) is 19.9 Å². The van der Waals surface area contributed by atoms with Crippen molar-refractivity contribution >= 4 is 25.7 Å². The Kier molecular flexibility index (Phi) is 5.03. The molecule has 6 nitrogen and oxygen atoms in total. The van der Waals surface area contributed by atoms with Crippen molar-refractivity contribution in [2.24, 2.45) is 5.14 Å². The summed E-state index contributed by atoms with van der Waals surface area (Å²) in [6, 6.07) is 10.6. The number of rotatable bonds is 5. The molecule has 0 heterocycles. The van der Waals surface area contributed by atoms with E-state index in [1.165, 1.54) is 22.5 Å². The second kappa shape index (κ2) is 6.54. The SMILES string of the molecule is CCN(c1cc(C)cc(C)c1)S(=O)(=O)c1cccc(S(N)(=O)=O)c1. The molecule has 0 spiro atoms. The summed E-state index contributed by atoms with van der Waals surface area (Å²) < 4.78 is 50.1. The first-order valence-corrected chi connectivity index (χ1v) is 10.3.